The van der Waals surface area contributed by atoms with Crippen molar-refractivity contribution in [2.24, 2.45) is 5.84 Å². The molecule has 8 heteroatoms. The number of hydrazine groups is 1. The molecule has 1 aromatic rings. The number of nitro benzene ring substituents is 1. The summed E-state index contributed by atoms with van der Waals surface area (Å²) in [4.78, 5) is 22.5. The van der Waals surface area contributed by atoms with E-state index in [4.69, 9.17) is 10.6 Å². The molecule has 0 aliphatic carbocycles. The Hall–Kier alpha value is -2.19. The molecule has 0 spiro atoms. The third kappa shape index (κ3) is 3.90. The van der Waals surface area contributed by atoms with Crippen molar-refractivity contribution in [1.29, 1.82) is 0 Å². The standard InChI is InChI=1S/C12H18N4O4/c1-8(6-7-20-2)14-12(17)9-4-3-5-10(15-13)11(9)16(18)19/h3-5,8,15H,6-7,13H2,1-2H3,(H,14,17). The zero-order chi connectivity index (χ0) is 15.1. The lowest BCUT2D eigenvalue weighted by Gasteiger charge is -2.14. The first-order valence-electron chi connectivity index (χ1n) is 6.05. The van der Waals surface area contributed by atoms with Gasteiger partial charge in [-0.3, -0.25) is 20.8 Å². The molecule has 110 valence electrons. The molecule has 0 fully saturated rings. The first-order valence-corrected chi connectivity index (χ1v) is 6.05. The zero-order valence-electron chi connectivity index (χ0n) is 11.4. The van der Waals surface area contributed by atoms with Gasteiger partial charge >= 0.3 is 5.69 Å². The molecule has 20 heavy (non-hydrogen) atoms. The van der Waals surface area contributed by atoms with Crippen molar-refractivity contribution < 1.29 is 14.5 Å². The van der Waals surface area contributed by atoms with Gasteiger partial charge in [0.05, 0.1) is 4.92 Å². The van der Waals surface area contributed by atoms with Gasteiger partial charge in [-0.15, -0.1) is 0 Å². The van der Waals surface area contributed by atoms with Crippen molar-refractivity contribution in [1.82, 2.24) is 5.32 Å². The summed E-state index contributed by atoms with van der Waals surface area (Å²) in [5.74, 6) is 4.71. The van der Waals surface area contributed by atoms with E-state index in [2.05, 4.69) is 10.7 Å². The van der Waals surface area contributed by atoms with Crippen LogP contribution in [0.2, 0.25) is 0 Å². The maximum absolute atomic E-state index is 12.1. The number of hydrogen-bond acceptors (Lipinski definition) is 6. The Kier molecular flexibility index (Phi) is 5.88. The predicted molar refractivity (Wildman–Crippen MR) is 74.3 cm³/mol. The van der Waals surface area contributed by atoms with Crippen molar-refractivity contribution >= 4 is 17.3 Å². The molecule has 1 aromatic carbocycles. The molecule has 8 nitrogen and oxygen atoms in total. The van der Waals surface area contributed by atoms with E-state index in [9.17, 15) is 14.9 Å². The molecule has 0 aliphatic rings. The zero-order valence-corrected chi connectivity index (χ0v) is 11.4. The van der Waals surface area contributed by atoms with E-state index in [1.807, 2.05) is 0 Å². The second-order valence-electron chi connectivity index (χ2n) is 4.26. The van der Waals surface area contributed by atoms with Crippen LogP contribution in [0.1, 0.15) is 23.7 Å². The van der Waals surface area contributed by atoms with Gasteiger partial charge in [-0.05, 0) is 25.5 Å². The fraction of sp³-hybridized carbons (Fsp3) is 0.417. The van der Waals surface area contributed by atoms with Crippen LogP contribution < -0.4 is 16.6 Å². The quantitative estimate of drug-likeness (QED) is 0.390. The Morgan fingerprint density at radius 2 is 2.25 bits per heavy atom. The molecule has 0 radical (unpaired) electrons. The van der Waals surface area contributed by atoms with Gasteiger partial charge in [-0.1, -0.05) is 6.07 Å². The number of methoxy groups -OCH3 is 1. The third-order valence-corrected chi connectivity index (χ3v) is 2.75. The molecule has 1 amide bonds. The average molecular weight is 282 g/mol. The minimum Gasteiger partial charge on any atom is -0.385 e. The maximum atomic E-state index is 12.1. The fourth-order valence-corrected chi connectivity index (χ4v) is 1.71. The number of nitrogens with two attached hydrogens (primary N) is 1. The van der Waals surface area contributed by atoms with Crippen LogP contribution >= 0.6 is 0 Å². The van der Waals surface area contributed by atoms with Gasteiger partial charge in [0.2, 0.25) is 0 Å². The molecule has 0 aliphatic heterocycles. The molecule has 1 atom stereocenters. The van der Waals surface area contributed by atoms with Crippen LogP contribution in [-0.4, -0.2) is 30.6 Å². The molecule has 1 rings (SSSR count). The van der Waals surface area contributed by atoms with Crippen LogP contribution in [0.5, 0.6) is 0 Å². The first-order chi connectivity index (χ1) is 9.51. The number of rotatable bonds is 7. The molecular formula is C12H18N4O4. The number of carbonyl (C=O) groups excluding carboxylic acids is 1. The van der Waals surface area contributed by atoms with Gasteiger partial charge in [0.25, 0.3) is 5.91 Å². The number of anilines is 1. The molecule has 4 N–H and O–H groups in total. The van der Waals surface area contributed by atoms with Gasteiger partial charge in [-0.25, -0.2) is 0 Å². The summed E-state index contributed by atoms with van der Waals surface area (Å²) in [5.41, 5.74) is 1.93. The average Bonchev–Trinajstić information content (AvgIpc) is 2.43. The van der Waals surface area contributed by atoms with E-state index < -0.39 is 10.8 Å². The van der Waals surface area contributed by atoms with Gasteiger partial charge < -0.3 is 15.5 Å². The molecular weight excluding hydrogens is 264 g/mol. The predicted octanol–water partition coefficient (Wildman–Crippen LogP) is 1.04. The summed E-state index contributed by atoms with van der Waals surface area (Å²) in [7, 11) is 1.57. The lowest BCUT2D eigenvalue weighted by Crippen LogP contribution is -2.33. The van der Waals surface area contributed by atoms with Gasteiger partial charge in [0, 0.05) is 19.8 Å². The largest absolute Gasteiger partial charge is 0.385 e. The highest BCUT2D eigenvalue weighted by Gasteiger charge is 2.24. The number of amides is 1. The highest BCUT2D eigenvalue weighted by Crippen LogP contribution is 2.27. The molecule has 1 unspecified atom stereocenters. The molecule has 0 heterocycles. The highest BCUT2D eigenvalue weighted by molar-refractivity contribution is 6.00. The van der Waals surface area contributed by atoms with Gasteiger partial charge in [-0.2, -0.15) is 0 Å². The lowest BCUT2D eigenvalue weighted by molar-refractivity contribution is -0.384. The highest BCUT2D eigenvalue weighted by atomic mass is 16.6. The van der Waals surface area contributed by atoms with Crippen LogP contribution in [0, 0.1) is 10.1 Å². The lowest BCUT2D eigenvalue weighted by atomic mass is 10.1. The molecule has 0 saturated heterocycles. The molecule has 0 saturated carbocycles. The first kappa shape index (κ1) is 15.9. The normalized spacial score (nSPS) is 11.8. The Morgan fingerprint density at radius 1 is 1.55 bits per heavy atom. The van der Waals surface area contributed by atoms with Crippen LogP contribution in [0.3, 0.4) is 0 Å². The number of ether oxygens (including phenoxy) is 1. The number of nitrogens with one attached hydrogen (secondary N) is 2. The number of nitrogens with zero attached hydrogens (tertiary/aromatic N) is 1. The number of hydrogen-bond donors (Lipinski definition) is 3. The second kappa shape index (κ2) is 7.41. The second-order valence-corrected chi connectivity index (χ2v) is 4.26. The third-order valence-electron chi connectivity index (χ3n) is 2.75. The minimum absolute atomic E-state index is 0.0327. The van der Waals surface area contributed by atoms with Crippen molar-refractivity contribution in [3.63, 3.8) is 0 Å². The summed E-state index contributed by atoms with van der Waals surface area (Å²) in [5, 5.41) is 13.8. The van der Waals surface area contributed by atoms with Crippen LogP contribution in [0.25, 0.3) is 0 Å². The van der Waals surface area contributed by atoms with Crippen molar-refractivity contribution in [2.45, 2.75) is 19.4 Å². The SMILES string of the molecule is COCCC(C)NC(=O)c1cccc(NN)c1[N+](=O)[O-]. The van der Waals surface area contributed by atoms with Gasteiger partial charge in [0.15, 0.2) is 0 Å². The number of para-hydroxylation sites is 1. The summed E-state index contributed by atoms with van der Waals surface area (Å²) < 4.78 is 4.91. The molecule has 0 aromatic heterocycles. The van der Waals surface area contributed by atoms with E-state index in [1.165, 1.54) is 18.2 Å². The molecule has 0 bridgehead atoms. The Labute approximate surface area is 116 Å². The van der Waals surface area contributed by atoms with E-state index in [1.54, 1.807) is 14.0 Å². The summed E-state index contributed by atoms with van der Waals surface area (Å²) >= 11 is 0. The summed E-state index contributed by atoms with van der Waals surface area (Å²) in [6, 6.07) is 4.19. The number of carbonyl (C=O) groups is 1. The monoisotopic (exact) mass is 282 g/mol. The topological polar surface area (TPSA) is 120 Å². The van der Waals surface area contributed by atoms with Gasteiger partial charge in [0.1, 0.15) is 11.3 Å². The summed E-state index contributed by atoms with van der Waals surface area (Å²) in [6.45, 7) is 2.29. The van der Waals surface area contributed by atoms with Crippen LogP contribution in [0.4, 0.5) is 11.4 Å². The number of benzene rings is 1. The Bertz CT molecular complexity index is 492. The fourth-order valence-electron chi connectivity index (χ4n) is 1.71. The van der Waals surface area contributed by atoms with Crippen LogP contribution in [0.15, 0.2) is 18.2 Å². The van der Waals surface area contributed by atoms with E-state index in [0.717, 1.165) is 0 Å². The Morgan fingerprint density at radius 3 is 2.80 bits per heavy atom. The van der Waals surface area contributed by atoms with Crippen LogP contribution in [-0.2, 0) is 4.74 Å². The minimum atomic E-state index is -0.635. The van der Waals surface area contributed by atoms with E-state index in [-0.39, 0.29) is 23.0 Å². The Balaban J connectivity index is 2.95. The number of nitrogen functional groups attached to an aromatic ring is 1. The number of nitro groups is 1. The van der Waals surface area contributed by atoms with Crippen molar-refractivity contribution in [3.05, 3.63) is 33.9 Å². The maximum Gasteiger partial charge on any atom is 0.306 e. The van der Waals surface area contributed by atoms with E-state index in [0.29, 0.717) is 13.0 Å². The smallest absolute Gasteiger partial charge is 0.306 e. The van der Waals surface area contributed by atoms with Crippen molar-refractivity contribution in [2.75, 3.05) is 19.1 Å². The van der Waals surface area contributed by atoms with E-state index >= 15 is 0 Å². The van der Waals surface area contributed by atoms with Crippen molar-refractivity contribution in [3.8, 4) is 0 Å². The summed E-state index contributed by atoms with van der Waals surface area (Å²) in [6.07, 6.45) is 0.616.